The van der Waals surface area contributed by atoms with Gasteiger partial charge < -0.3 is 5.32 Å². The van der Waals surface area contributed by atoms with Gasteiger partial charge >= 0.3 is 0 Å². The zero-order valence-electron chi connectivity index (χ0n) is 13.4. The van der Waals surface area contributed by atoms with Crippen molar-refractivity contribution in [1.82, 2.24) is 4.98 Å². The number of rotatable bonds is 5. The summed E-state index contributed by atoms with van der Waals surface area (Å²) in [6.07, 6.45) is 0. The van der Waals surface area contributed by atoms with E-state index < -0.39 is 0 Å². The highest BCUT2D eigenvalue weighted by atomic mass is 32.2. The predicted octanol–water partition coefficient (Wildman–Crippen LogP) is 5.29. The van der Waals surface area contributed by atoms with Gasteiger partial charge in [0.25, 0.3) is 0 Å². The Morgan fingerprint density at radius 3 is 2.80 bits per heavy atom. The van der Waals surface area contributed by atoms with Crippen LogP contribution in [-0.2, 0) is 16.3 Å². The van der Waals surface area contributed by atoms with Gasteiger partial charge in [-0.1, -0.05) is 48.5 Å². The van der Waals surface area contributed by atoms with Crippen LogP contribution in [0.2, 0.25) is 0 Å². The van der Waals surface area contributed by atoms with Gasteiger partial charge in [0.15, 0.2) is 5.13 Å². The fraction of sp³-hybridized carbons (Fsp3) is 0.158. The van der Waals surface area contributed by atoms with E-state index in [2.05, 4.69) is 40.6 Å². The van der Waals surface area contributed by atoms with Gasteiger partial charge in [-0.2, -0.15) is 0 Å². The van der Waals surface area contributed by atoms with Crippen LogP contribution >= 0.6 is 34.9 Å². The number of hydrogen-bond donors (Lipinski definition) is 1. The number of anilines is 1. The van der Waals surface area contributed by atoms with Gasteiger partial charge in [0, 0.05) is 26.8 Å². The number of thiazole rings is 1. The minimum atomic E-state index is 0.00738. The van der Waals surface area contributed by atoms with Crippen molar-refractivity contribution < 1.29 is 4.79 Å². The molecule has 1 aliphatic heterocycles. The molecule has 2 heterocycles. The van der Waals surface area contributed by atoms with E-state index in [9.17, 15) is 4.79 Å². The SMILES string of the molecule is O=C(CSCc1ccccc1)Nc1nc2c(s1)CSc1ccccc1-2. The quantitative estimate of drug-likeness (QED) is 0.649. The minimum absolute atomic E-state index is 0.00738. The molecule has 4 rings (SSSR count). The summed E-state index contributed by atoms with van der Waals surface area (Å²) in [5, 5.41) is 3.66. The van der Waals surface area contributed by atoms with Crippen LogP contribution in [0.1, 0.15) is 10.4 Å². The maximum atomic E-state index is 12.2. The second kappa shape index (κ2) is 7.64. The molecule has 0 unspecified atom stereocenters. The van der Waals surface area contributed by atoms with E-state index in [1.54, 1.807) is 23.1 Å². The molecule has 0 fully saturated rings. The maximum Gasteiger partial charge on any atom is 0.236 e. The molecule has 1 N–H and O–H groups in total. The molecule has 3 aromatic rings. The number of nitrogens with one attached hydrogen (secondary N) is 1. The molecule has 126 valence electrons. The molecule has 1 aliphatic rings. The largest absolute Gasteiger partial charge is 0.301 e. The van der Waals surface area contributed by atoms with Gasteiger partial charge in [-0.25, -0.2) is 4.98 Å². The third-order valence-electron chi connectivity index (χ3n) is 3.79. The van der Waals surface area contributed by atoms with E-state index in [1.807, 2.05) is 36.0 Å². The molecule has 25 heavy (non-hydrogen) atoms. The van der Waals surface area contributed by atoms with Crippen LogP contribution in [0, 0.1) is 0 Å². The number of thioether (sulfide) groups is 2. The van der Waals surface area contributed by atoms with Crippen LogP contribution in [0.25, 0.3) is 11.3 Å². The Kier molecular flexibility index (Phi) is 5.10. The van der Waals surface area contributed by atoms with Crippen molar-refractivity contribution in [3.63, 3.8) is 0 Å². The maximum absolute atomic E-state index is 12.2. The summed E-state index contributed by atoms with van der Waals surface area (Å²) in [7, 11) is 0. The molecule has 6 heteroatoms. The average Bonchev–Trinajstić information content (AvgIpc) is 3.05. The highest BCUT2D eigenvalue weighted by molar-refractivity contribution is 7.99. The molecular formula is C19H16N2OS3. The topological polar surface area (TPSA) is 42.0 Å². The third-order valence-corrected chi connectivity index (χ3v) is 7.05. The Labute approximate surface area is 159 Å². The number of carbonyl (C=O) groups is 1. The van der Waals surface area contributed by atoms with E-state index in [0.717, 1.165) is 17.2 Å². The number of hydrogen-bond acceptors (Lipinski definition) is 5. The van der Waals surface area contributed by atoms with E-state index >= 15 is 0 Å². The molecule has 0 aliphatic carbocycles. The highest BCUT2D eigenvalue weighted by Crippen LogP contribution is 2.44. The molecule has 0 spiro atoms. The summed E-state index contributed by atoms with van der Waals surface area (Å²) in [5.41, 5.74) is 3.43. The second-order valence-corrected chi connectivity index (χ2v) is 8.69. The van der Waals surface area contributed by atoms with Crippen molar-refractivity contribution in [3.05, 3.63) is 65.0 Å². The lowest BCUT2D eigenvalue weighted by Crippen LogP contribution is -2.13. The van der Waals surface area contributed by atoms with Crippen molar-refractivity contribution in [3.8, 4) is 11.3 Å². The summed E-state index contributed by atoms with van der Waals surface area (Å²) in [5.74, 6) is 2.20. The number of nitrogens with zero attached hydrogens (tertiary/aromatic N) is 1. The molecule has 0 saturated heterocycles. The molecule has 1 aromatic heterocycles. The zero-order chi connectivity index (χ0) is 17.1. The summed E-state index contributed by atoms with van der Waals surface area (Å²) in [6, 6.07) is 18.5. The minimum Gasteiger partial charge on any atom is -0.301 e. The van der Waals surface area contributed by atoms with Gasteiger partial charge in [-0.3, -0.25) is 4.79 Å². The average molecular weight is 385 g/mol. The fourth-order valence-electron chi connectivity index (χ4n) is 2.64. The molecule has 0 atom stereocenters. The van der Waals surface area contributed by atoms with E-state index in [1.165, 1.54) is 20.9 Å². The zero-order valence-corrected chi connectivity index (χ0v) is 15.8. The number of amides is 1. The van der Waals surface area contributed by atoms with Gasteiger partial charge in [0.05, 0.1) is 11.4 Å². The smallest absolute Gasteiger partial charge is 0.236 e. The molecule has 0 bridgehead atoms. The van der Waals surface area contributed by atoms with Crippen molar-refractivity contribution >= 4 is 45.9 Å². The lowest BCUT2D eigenvalue weighted by atomic mass is 10.1. The predicted molar refractivity (Wildman–Crippen MR) is 108 cm³/mol. The first-order valence-corrected chi connectivity index (χ1v) is 10.9. The summed E-state index contributed by atoms with van der Waals surface area (Å²) < 4.78 is 0. The van der Waals surface area contributed by atoms with Crippen molar-refractivity contribution in [1.29, 1.82) is 0 Å². The van der Waals surface area contributed by atoms with Gasteiger partial charge in [0.2, 0.25) is 5.91 Å². The first-order chi connectivity index (χ1) is 12.3. The standard InChI is InChI=1S/C19H16N2OS3/c22-17(12-23-10-13-6-2-1-3-7-13)20-19-21-18-14-8-4-5-9-15(14)24-11-16(18)25-19/h1-9H,10-12H2,(H,20,21,22). The van der Waals surface area contributed by atoms with Crippen molar-refractivity contribution in [2.24, 2.45) is 0 Å². The van der Waals surface area contributed by atoms with Gasteiger partial charge in [-0.05, 0) is 11.6 Å². The number of fused-ring (bicyclic) bond motifs is 3. The first kappa shape index (κ1) is 16.7. The second-order valence-electron chi connectivity index (χ2n) is 5.60. The van der Waals surface area contributed by atoms with E-state index in [-0.39, 0.29) is 5.91 Å². The van der Waals surface area contributed by atoms with Crippen LogP contribution in [-0.4, -0.2) is 16.6 Å². The Morgan fingerprint density at radius 1 is 1.12 bits per heavy atom. The van der Waals surface area contributed by atoms with Crippen molar-refractivity contribution in [2.45, 2.75) is 16.4 Å². The number of carbonyl (C=O) groups excluding carboxylic acids is 1. The Hall–Kier alpha value is -1.76. The van der Waals surface area contributed by atoms with E-state index in [0.29, 0.717) is 10.9 Å². The molecule has 3 nitrogen and oxygen atoms in total. The Morgan fingerprint density at radius 2 is 1.92 bits per heavy atom. The summed E-state index contributed by atoms with van der Waals surface area (Å²) in [4.78, 5) is 19.3. The first-order valence-electron chi connectivity index (χ1n) is 7.93. The molecular weight excluding hydrogens is 368 g/mol. The lowest BCUT2D eigenvalue weighted by Gasteiger charge is -2.13. The Bertz CT molecular complexity index is 893. The normalized spacial score (nSPS) is 12.3. The monoisotopic (exact) mass is 384 g/mol. The number of benzene rings is 2. The molecule has 0 saturated carbocycles. The van der Waals surface area contributed by atoms with Crippen LogP contribution < -0.4 is 5.32 Å². The van der Waals surface area contributed by atoms with Crippen LogP contribution in [0.4, 0.5) is 5.13 Å². The molecule has 2 aromatic carbocycles. The summed E-state index contributed by atoms with van der Waals surface area (Å²) in [6.45, 7) is 0. The lowest BCUT2D eigenvalue weighted by molar-refractivity contribution is -0.113. The summed E-state index contributed by atoms with van der Waals surface area (Å²) >= 11 is 5.03. The van der Waals surface area contributed by atoms with E-state index in [4.69, 9.17) is 0 Å². The fourth-order valence-corrected chi connectivity index (χ4v) is 5.54. The molecule has 1 amide bonds. The highest BCUT2D eigenvalue weighted by Gasteiger charge is 2.21. The third kappa shape index (κ3) is 3.92. The van der Waals surface area contributed by atoms with Crippen LogP contribution in [0.3, 0.4) is 0 Å². The van der Waals surface area contributed by atoms with Crippen LogP contribution in [0.5, 0.6) is 0 Å². The van der Waals surface area contributed by atoms with Crippen LogP contribution in [0.15, 0.2) is 59.5 Å². The van der Waals surface area contributed by atoms with Gasteiger partial charge in [-0.15, -0.1) is 34.9 Å². The van der Waals surface area contributed by atoms with Gasteiger partial charge in [0.1, 0.15) is 0 Å². The Balaban J connectivity index is 1.38. The number of aromatic nitrogens is 1. The van der Waals surface area contributed by atoms with Crippen molar-refractivity contribution in [2.75, 3.05) is 11.1 Å². The molecule has 0 radical (unpaired) electrons.